The highest BCUT2D eigenvalue weighted by molar-refractivity contribution is 9.10. The van der Waals surface area contributed by atoms with Gasteiger partial charge in [-0.1, -0.05) is 6.07 Å². The van der Waals surface area contributed by atoms with Crippen LogP contribution >= 0.6 is 15.9 Å². The third-order valence-electron chi connectivity index (χ3n) is 2.95. The minimum atomic E-state index is 0.0796. The van der Waals surface area contributed by atoms with Gasteiger partial charge >= 0.3 is 0 Å². The van der Waals surface area contributed by atoms with E-state index >= 15 is 0 Å². The minimum absolute atomic E-state index is 0.0796. The van der Waals surface area contributed by atoms with Gasteiger partial charge in [-0.15, -0.1) is 0 Å². The van der Waals surface area contributed by atoms with Crippen LogP contribution in [-0.2, 0) is 5.54 Å². The maximum atomic E-state index is 9.40. The van der Waals surface area contributed by atoms with Gasteiger partial charge in [0.05, 0.1) is 4.47 Å². The van der Waals surface area contributed by atoms with Crippen molar-refractivity contribution in [1.82, 2.24) is 5.32 Å². The molecule has 2 nitrogen and oxygen atoms in total. The first-order valence-electron chi connectivity index (χ1n) is 4.86. The number of nitrogens with one attached hydrogen (secondary N) is 1. The van der Waals surface area contributed by atoms with E-state index in [9.17, 15) is 5.11 Å². The Morgan fingerprint density at radius 1 is 1.50 bits per heavy atom. The quantitative estimate of drug-likeness (QED) is 0.809. The maximum Gasteiger partial charge on any atom is 0.129 e. The molecule has 1 heterocycles. The normalized spacial score (nSPS) is 26.7. The van der Waals surface area contributed by atoms with Crippen LogP contribution in [0.1, 0.15) is 25.3 Å². The highest BCUT2D eigenvalue weighted by Gasteiger charge is 2.30. The fourth-order valence-electron chi connectivity index (χ4n) is 1.99. The molecule has 1 aromatic rings. The summed E-state index contributed by atoms with van der Waals surface area (Å²) in [4.78, 5) is 0. The lowest BCUT2D eigenvalue weighted by Crippen LogP contribution is -2.32. The summed E-state index contributed by atoms with van der Waals surface area (Å²) in [7, 11) is 0. The predicted octanol–water partition coefficient (Wildman–Crippen LogP) is 2.75. The number of hydrogen-bond donors (Lipinski definition) is 2. The number of benzene rings is 1. The first kappa shape index (κ1) is 9.99. The summed E-state index contributed by atoms with van der Waals surface area (Å²) in [6, 6.07) is 5.72. The molecule has 0 spiro atoms. The molecule has 14 heavy (non-hydrogen) atoms. The molecule has 3 heteroatoms. The molecule has 0 radical (unpaired) electrons. The maximum absolute atomic E-state index is 9.40. The molecule has 0 aliphatic carbocycles. The summed E-state index contributed by atoms with van der Waals surface area (Å²) in [5.41, 5.74) is 1.32. The van der Waals surface area contributed by atoms with Crippen LogP contribution in [0.25, 0.3) is 0 Å². The zero-order valence-electron chi connectivity index (χ0n) is 8.18. The van der Waals surface area contributed by atoms with Gasteiger partial charge in [-0.3, -0.25) is 0 Å². The SMILES string of the molecule is CC1(c2ccc(O)c(Br)c2)CCCN1. The van der Waals surface area contributed by atoms with Crippen molar-refractivity contribution >= 4 is 15.9 Å². The van der Waals surface area contributed by atoms with Crippen molar-refractivity contribution in [2.45, 2.75) is 25.3 Å². The molecule has 1 aliphatic heterocycles. The van der Waals surface area contributed by atoms with E-state index in [-0.39, 0.29) is 5.54 Å². The van der Waals surface area contributed by atoms with Crippen molar-refractivity contribution in [2.24, 2.45) is 0 Å². The monoisotopic (exact) mass is 255 g/mol. The molecule has 1 atom stereocenters. The Hall–Kier alpha value is -0.540. The van der Waals surface area contributed by atoms with Crippen LogP contribution in [0.3, 0.4) is 0 Å². The van der Waals surface area contributed by atoms with Gasteiger partial charge in [0.2, 0.25) is 0 Å². The lowest BCUT2D eigenvalue weighted by molar-refractivity contribution is 0.431. The number of hydrogen-bond acceptors (Lipinski definition) is 2. The Kier molecular flexibility index (Phi) is 2.54. The third kappa shape index (κ3) is 1.66. The van der Waals surface area contributed by atoms with Crippen molar-refractivity contribution in [1.29, 1.82) is 0 Å². The Bertz CT molecular complexity index is 345. The van der Waals surface area contributed by atoms with E-state index in [4.69, 9.17) is 0 Å². The standard InChI is InChI=1S/C11H14BrNO/c1-11(5-2-6-13-11)8-3-4-10(14)9(12)7-8/h3-4,7,13-14H,2,5-6H2,1H3. The van der Waals surface area contributed by atoms with Crippen LogP contribution in [0.2, 0.25) is 0 Å². The third-order valence-corrected chi connectivity index (χ3v) is 3.59. The Morgan fingerprint density at radius 2 is 2.29 bits per heavy atom. The largest absolute Gasteiger partial charge is 0.507 e. The summed E-state index contributed by atoms with van der Waals surface area (Å²) in [5.74, 6) is 0.301. The van der Waals surface area contributed by atoms with Crippen molar-refractivity contribution in [3.63, 3.8) is 0 Å². The summed E-state index contributed by atoms with van der Waals surface area (Å²) >= 11 is 3.34. The van der Waals surface area contributed by atoms with E-state index in [1.54, 1.807) is 6.07 Å². The molecule has 0 aromatic heterocycles. The average Bonchev–Trinajstić information content (AvgIpc) is 2.58. The van der Waals surface area contributed by atoms with Gasteiger partial charge in [-0.2, -0.15) is 0 Å². The Morgan fingerprint density at radius 3 is 2.86 bits per heavy atom. The number of phenolic OH excluding ortho intramolecular Hbond substituents is 1. The molecule has 2 rings (SSSR count). The summed E-state index contributed by atoms with van der Waals surface area (Å²) in [6.45, 7) is 3.29. The molecule has 2 N–H and O–H groups in total. The highest BCUT2D eigenvalue weighted by atomic mass is 79.9. The Balaban J connectivity index is 2.36. The van der Waals surface area contributed by atoms with Crippen molar-refractivity contribution in [3.05, 3.63) is 28.2 Å². The van der Waals surface area contributed by atoms with Crippen molar-refractivity contribution in [3.8, 4) is 5.75 Å². The zero-order valence-corrected chi connectivity index (χ0v) is 9.76. The summed E-state index contributed by atoms with van der Waals surface area (Å²) < 4.78 is 0.768. The molecular weight excluding hydrogens is 242 g/mol. The Labute approximate surface area is 92.5 Å². The van der Waals surface area contributed by atoms with Crippen molar-refractivity contribution < 1.29 is 5.11 Å². The van der Waals surface area contributed by atoms with Crippen LogP contribution in [-0.4, -0.2) is 11.7 Å². The summed E-state index contributed by atoms with van der Waals surface area (Å²) in [6.07, 6.45) is 2.37. The minimum Gasteiger partial charge on any atom is -0.507 e. The number of rotatable bonds is 1. The molecule has 0 amide bonds. The highest BCUT2D eigenvalue weighted by Crippen LogP contribution is 2.34. The van der Waals surface area contributed by atoms with Gasteiger partial charge in [0.15, 0.2) is 0 Å². The van der Waals surface area contributed by atoms with Gasteiger partial charge in [0.25, 0.3) is 0 Å². The van der Waals surface area contributed by atoms with Crippen LogP contribution in [0.15, 0.2) is 22.7 Å². The molecule has 1 unspecified atom stereocenters. The second-order valence-corrected chi connectivity index (χ2v) is 4.88. The van der Waals surface area contributed by atoms with Gasteiger partial charge in [-0.05, 0) is 59.9 Å². The van der Waals surface area contributed by atoms with Gasteiger partial charge < -0.3 is 10.4 Å². The van der Waals surface area contributed by atoms with Crippen LogP contribution < -0.4 is 5.32 Å². The molecule has 1 aliphatic rings. The van der Waals surface area contributed by atoms with E-state index in [2.05, 4.69) is 28.2 Å². The van der Waals surface area contributed by atoms with Gasteiger partial charge in [0.1, 0.15) is 5.75 Å². The first-order chi connectivity index (χ1) is 6.62. The van der Waals surface area contributed by atoms with E-state index in [1.807, 2.05) is 12.1 Å². The lowest BCUT2D eigenvalue weighted by atomic mass is 9.91. The van der Waals surface area contributed by atoms with Crippen LogP contribution in [0, 0.1) is 0 Å². The smallest absolute Gasteiger partial charge is 0.129 e. The van der Waals surface area contributed by atoms with Gasteiger partial charge in [-0.25, -0.2) is 0 Å². The predicted molar refractivity (Wildman–Crippen MR) is 60.4 cm³/mol. The average molecular weight is 256 g/mol. The lowest BCUT2D eigenvalue weighted by Gasteiger charge is -2.25. The molecule has 1 aromatic carbocycles. The van der Waals surface area contributed by atoms with Crippen LogP contribution in [0.4, 0.5) is 0 Å². The summed E-state index contributed by atoms with van der Waals surface area (Å²) in [5, 5.41) is 12.9. The second-order valence-electron chi connectivity index (χ2n) is 4.03. The van der Waals surface area contributed by atoms with E-state index in [1.165, 1.54) is 12.0 Å². The van der Waals surface area contributed by atoms with Gasteiger partial charge in [0, 0.05) is 5.54 Å². The topological polar surface area (TPSA) is 32.3 Å². The fourth-order valence-corrected chi connectivity index (χ4v) is 2.37. The molecule has 0 bridgehead atoms. The number of phenols is 1. The fraction of sp³-hybridized carbons (Fsp3) is 0.455. The van der Waals surface area contributed by atoms with E-state index in [0.717, 1.165) is 17.4 Å². The van der Waals surface area contributed by atoms with Crippen LogP contribution in [0.5, 0.6) is 5.75 Å². The molecule has 1 fully saturated rings. The van der Waals surface area contributed by atoms with E-state index < -0.39 is 0 Å². The zero-order chi connectivity index (χ0) is 10.2. The first-order valence-corrected chi connectivity index (χ1v) is 5.65. The molecular formula is C11H14BrNO. The number of halogens is 1. The molecule has 76 valence electrons. The van der Waals surface area contributed by atoms with E-state index in [0.29, 0.717) is 5.75 Å². The second kappa shape index (κ2) is 3.55. The number of aromatic hydroxyl groups is 1. The molecule has 1 saturated heterocycles. The molecule has 0 saturated carbocycles. The van der Waals surface area contributed by atoms with Crippen molar-refractivity contribution in [2.75, 3.05) is 6.54 Å².